The summed E-state index contributed by atoms with van der Waals surface area (Å²) in [5.41, 5.74) is -0.414. The van der Waals surface area contributed by atoms with Gasteiger partial charge in [0.25, 0.3) is 0 Å². The highest BCUT2D eigenvalue weighted by molar-refractivity contribution is 5.83. The molecule has 3 heteroatoms. The van der Waals surface area contributed by atoms with E-state index in [1.807, 2.05) is 42.5 Å². The van der Waals surface area contributed by atoms with E-state index in [1.165, 1.54) is 14.2 Å². The molecule has 0 aliphatic carbocycles. The molecule has 0 aliphatic heterocycles. The van der Waals surface area contributed by atoms with Crippen LogP contribution in [0.15, 0.2) is 42.5 Å². The van der Waals surface area contributed by atoms with Gasteiger partial charge in [-0.15, -0.1) is 0 Å². The SMILES string of the molecule is COC(OC)[C@](C)(O)c1ccc2ccccc2c1. The van der Waals surface area contributed by atoms with Gasteiger partial charge in [0.2, 0.25) is 0 Å². The zero-order chi connectivity index (χ0) is 13.2. The molecule has 0 spiro atoms. The normalized spacial score (nSPS) is 14.9. The summed E-state index contributed by atoms with van der Waals surface area (Å²) >= 11 is 0. The van der Waals surface area contributed by atoms with Gasteiger partial charge in [0.05, 0.1) is 0 Å². The van der Waals surface area contributed by atoms with Crippen molar-refractivity contribution in [3.63, 3.8) is 0 Å². The third-order valence-corrected chi connectivity index (χ3v) is 3.22. The minimum atomic E-state index is -1.19. The fourth-order valence-electron chi connectivity index (χ4n) is 2.20. The molecule has 0 radical (unpaired) electrons. The van der Waals surface area contributed by atoms with Crippen molar-refractivity contribution in [3.8, 4) is 0 Å². The lowest BCUT2D eigenvalue weighted by atomic mass is 9.93. The van der Waals surface area contributed by atoms with Gasteiger partial charge in [0.1, 0.15) is 5.60 Å². The first-order chi connectivity index (χ1) is 8.59. The summed E-state index contributed by atoms with van der Waals surface area (Å²) in [5.74, 6) is 0. The molecule has 1 atom stereocenters. The van der Waals surface area contributed by atoms with Gasteiger partial charge in [0.15, 0.2) is 6.29 Å². The molecule has 2 aromatic rings. The van der Waals surface area contributed by atoms with E-state index >= 15 is 0 Å². The lowest BCUT2D eigenvalue weighted by Gasteiger charge is -2.31. The number of ether oxygens (including phenoxy) is 2. The molecule has 2 aromatic carbocycles. The van der Waals surface area contributed by atoms with Crippen LogP contribution in [0.1, 0.15) is 12.5 Å². The van der Waals surface area contributed by atoms with Crippen LogP contribution in [0.2, 0.25) is 0 Å². The molecular formula is C15H18O3. The van der Waals surface area contributed by atoms with Gasteiger partial charge in [-0.2, -0.15) is 0 Å². The maximum absolute atomic E-state index is 10.6. The maximum Gasteiger partial charge on any atom is 0.189 e. The number of rotatable bonds is 4. The lowest BCUT2D eigenvalue weighted by molar-refractivity contribution is -0.213. The molecule has 0 bridgehead atoms. The first-order valence-electron chi connectivity index (χ1n) is 5.87. The van der Waals surface area contributed by atoms with Crippen molar-refractivity contribution >= 4 is 10.8 Å². The Hall–Kier alpha value is -1.42. The van der Waals surface area contributed by atoms with Crippen LogP contribution in [0, 0.1) is 0 Å². The largest absolute Gasteiger partial charge is 0.380 e. The predicted molar refractivity (Wildman–Crippen MR) is 71.3 cm³/mol. The summed E-state index contributed by atoms with van der Waals surface area (Å²) < 4.78 is 10.3. The Morgan fingerprint density at radius 2 is 1.61 bits per heavy atom. The second kappa shape index (κ2) is 5.06. The number of hydrogen-bond acceptors (Lipinski definition) is 3. The van der Waals surface area contributed by atoms with E-state index in [-0.39, 0.29) is 0 Å². The first kappa shape index (κ1) is 13.0. The zero-order valence-corrected chi connectivity index (χ0v) is 10.9. The maximum atomic E-state index is 10.6. The van der Waals surface area contributed by atoms with Crippen LogP contribution in [0.3, 0.4) is 0 Å². The molecular weight excluding hydrogens is 228 g/mol. The zero-order valence-electron chi connectivity index (χ0n) is 10.9. The van der Waals surface area contributed by atoms with Gasteiger partial charge >= 0.3 is 0 Å². The molecule has 3 nitrogen and oxygen atoms in total. The van der Waals surface area contributed by atoms with Crippen molar-refractivity contribution < 1.29 is 14.6 Å². The Bertz CT molecular complexity index is 530. The first-order valence-corrected chi connectivity index (χ1v) is 5.87. The van der Waals surface area contributed by atoms with Crippen LogP contribution in [0.25, 0.3) is 10.8 Å². The Kier molecular flexibility index (Phi) is 3.66. The van der Waals surface area contributed by atoms with Crippen molar-refractivity contribution in [2.24, 2.45) is 0 Å². The van der Waals surface area contributed by atoms with E-state index in [4.69, 9.17) is 9.47 Å². The molecule has 0 aromatic heterocycles. The van der Waals surface area contributed by atoms with Crippen molar-refractivity contribution in [1.29, 1.82) is 0 Å². The molecule has 0 fully saturated rings. The number of methoxy groups -OCH3 is 2. The van der Waals surface area contributed by atoms with Gasteiger partial charge in [-0.05, 0) is 29.3 Å². The molecule has 2 rings (SSSR count). The fourth-order valence-corrected chi connectivity index (χ4v) is 2.20. The predicted octanol–water partition coefficient (Wildman–Crippen LogP) is 2.67. The molecule has 18 heavy (non-hydrogen) atoms. The van der Waals surface area contributed by atoms with Gasteiger partial charge in [-0.3, -0.25) is 0 Å². The molecule has 1 N–H and O–H groups in total. The quantitative estimate of drug-likeness (QED) is 0.843. The van der Waals surface area contributed by atoms with Gasteiger partial charge < -0.3 is 14.6 Å². The molecule has 0 unspecified atom stereocenters. The number of hydrogen-bond donors (Lipinski definition) is 1. The van der Waals surface area contributed by atoms with E-state index in [0.717, 1.165) is 16.3 Å². The fraction of sp³-hybridized carbons (Fsp3) is 0.333. The van der Waals surface area contributed by atoms with Crippen molar-refractivity contribution in [2.75, 3.05) is 14.2 Å². The van der Waals surface area contributed by atoms with Crippen molar-refractivity contribution in [3.05, 3.63) is 48.0 Å². The van der Waals surface area contributed by atoms with E-state index in [1.54, 1.807) is 6.92 Å². The van der Waals surface area contributed by atoms with Gasteiger partial charge in [-0.1, -0.05) is 36.4 Å². The Morgan fingerprint density at radius 3 is 2.22 bits per heavy atom. The minimum Gasteiger partial charge on any atom is -0.380 e. The van der Waals surface area contributed by atoms with Crippen LogP contribution in [-0.2, 0) is 15.1 Å². The van der Waals surface area contributed by atoms with Crippen LogP contribution >= 0.6 is 0 Å². The molecule has 0 amide bonds. The molecule has 96 valence electrons. The third-order valence-electron chi connectivity index (χ3n) is 3.22. The van der Waals surface area contributed by atoms with Crippen molar-refractivity contribution in [1.82, 2.24) is 0 Å². The Balaban J connectivity index is 2.46. The number of aliphatic hydroxyl groups is 1. The van der Waals surface area contributed by atoms with E-state index in [0.29, 0.717) is 0 Å². The summed E-state index contributed by atoms with van der Waals surface area (Å²) in [6, 6.07) is 13.9. The van der Waals surface area contributed by atoms with E-state index in [9.17, 15) is 5.11 Å². The highest BCUT2D eigenvalue weighted by Crippen LogP contribution is 2.29. The standard InChI is InChI=1S/C15H18O3/c1-15(16,14(17-2)18-3)13-9-8-11-6-4-5-7-12(11)10-13/h4-10,14,16H,1-3H3/t15-/m1/s1. The van der Waals surface area contributed by atoms with Crippen LogP contribution in [-0.4, -0.2) is 25.6 Å². The monoisotopic (exact) mass is 246 g/mol. The highest BCUT2D eigenvalue weighted by atomic mass is 16.7. The molecule has 0 saturated heterocycles. The van der Waals surface area contributed by atoms with E-state index in [2.05, 4.69) is 0 Å². The van der Waals surface area contributed by atoms with Gasteiger partial charge in [0, 0.05) is 14.2 Å². The smallest absolute Gasteiger partial charge is 0.189 e. The van der Waals surface area contributed by atoms with Crippen LogP contribution in [0.4, 0.5) is 0 Å². The van der Waals surface area contributed by atoms with Crippen LogP contribution < -0.4 is 0 Å². The van der Waals surface area contributed by atoms with E-state index < -0.39 is 11.9 Å². The Labute approximate surface area is 107 Å². The second-order valence-corrected chi connectivity index (χ2v) is 4.51. The highest BCUT2D eigenvalue weighted by Gasteiger charge is 2.34. The average Bonchev–Trinajstić information content (AvgIpc) is 2.39. The number of benzene rings is 2. The third kappa shape index (κ3) is 2.25. The van der Waals surface area contributed by atoms with Crippen molar-refractivity contribution in [2.45, 2.75) is 18.8 Å². The summed E-state index contributed by atoms with van der Waals surface area (Å²) in [6.45, 7) is 1.69. The van der Waals surface area contributed by atoms with Crippen LogP contribution in [0.5, 0.6) is 0 Å². The average molecular weight is 246 g/mol. The lowest BCUT2D eigenvalue weighted by Crippen LogP contribution is -2.39. The summed E-state index contributed by atoms with van der Waals surface area (Å²) in [6.07, 6.45) is -0.696. The second-order valence-electron chi connectivity index (χ2n) is 4.51. The Morgan fingerprint density at radius 1 is 1.00 bits per heavy atom. The summed E-state index contributed by atoms with van der Waals surface area (Å²) in [4.78, 5) is 0. The number of fused-ring (bicyclic) bond motifs is 1. The minimum absolute atomic E-state index is 0.696. The molecule has 0 saturated carbocycles. The molecule has 0 heterocycles. The van der Waals surface area contributed by atoms with Gasteiger partial charge in [-0.25, -0.2) is 0 Å². The topological polar surface area (TPSA) is 38.7 Å². The summed E-state index contributed by atoms with van der Waals surface area (Å²) in [5, 5.41) is 12.8. The molecule has 0 aliphatic rings. The summed E-state index contributed by atoms with van der Waals surface area (Å²) in [7, 11) is 3.04.